The van der Waals surface area contributed by atoms with Gasteiger partial charge in [0.25, 0.3) is 0 Å². The van der Waals surface area contributed by atoms with Gasteiger partial charge in [-0.1, -0.05) is 11.6 Å². The van der Waals surface area contributed by atoms with Crippen molar-refractivity contribution >= 4 is 51.6 Å². The Balaban J connectivity index is 1.14. The number of carbonyl (C=O) groups is 3. The minimum absolute atomic E-state index is 0.0512. The first kappa shape index (κ1) is 35.6. The molecule has 5 heterocycles. The van der Waals surface area contributed by atoms with E-state index in [4.69, 9.17) is 11.6 Å². The highest BCUT2D eigenvalue weighted by molar-refractivity contribution is 7.14. The van der Waals surface area contributed by atoms with Crippen LogP contribution in [0, 0.1) is 0 Å². The maximum absolute atomic E-state index is 14.1. The second kappa shape index (κ2) is 14.9. The van der Waals surface area contributed by atoms with Crippen molar-refractivity contribution in [3.05, 3.63) is 45.3 Å². The third-order valence-electron chi connectivity index (χ3n) is 10.3. The Kier molecular flexibility index (Phi) is 10.8. The van der Waals surface area contributed by atoms with Crippen LogP contribution in [-0.2, 0) is 23.9 Å². The lowest BCUT2D eigenvalue weighted by molar-refractivity contribution is -0.137. The number of benzene rings is 1. The zero-order chi connectivity index (χ0) is 34.9. The summed E-state index contributed by atoms with van der Waals surface area (Å²) in [6, 6.07) is 3.03. The zero-order valence-electron chi connectivity index (χ0n) is 27.8. The summed E-state index contributed by atoms with van der Waals surface area (Å²) in [5.74, 6) is -0.320. The summed E-state index contributed by atoms with van der Waals surface area (Å²) in [5.41, 5.74) is 0.0952. The monoisotopic (exact) mass is 724 g/mol. The van der Waals surface area contributed by atoms with Gasteiger partial charge in [-0.05, 0) is 61.9 Å². The number of likely N-dealkylation sites (N-methyl/N-ethyl adjacent to an activating group) is 1. The Morgan fingerprint density at radius 2 is 1.65 bits per heavy atom. The molecule has 4 aliphatic heterocycles. The lowest BCUT2D eigenvalue weighted by Gasteiger charge is -2.43. The van der Waals surface area contributed by atoms with Crippen LogP contribution in [0.3, 0.4) is 0 Å². The van der Waals surface area contributed by atoms with Gasteiger partial charge < -0.3 is 30.2 Å². The van der Waals surface area contributed by atoms with Gasteiger partial charge in [-0.25, -0.2) is 9.59 Å². The number of fused-ring (bicyclic) bond motifs is 1. The molecule has 49 heavy (non-hydrogen) atoms. The second-order valence-electron chi connectivity index (χ2n) is 13.4. The van der Waals surface area contributed by atoms with Gasteiger partial charge in [0, 0.05) is 83.5 Å². The molecule has 11 nitrogen and oxygen atoms in total. The van der Waals surface area contributed by atoms with E-state index in [-0.39, 0.29) is 40.7 Å². The van der Waals surface area contributed by atoms with Gasteiger partial charge in [-0.3, -0.25) is 15.0 Å². The molecule has 1 aromatic heterocycles. The molecule has 16 heteroatoms. The predicted molar refractivity (Wildman–Crippen MR) is 184 cm³/mol. The van der Waals surface area contributed by atoms with Gasteiger partial charge in [0.15, 0.2) is 0 Å². The summed E-state index contributed by atoms with van der Waals surface area (Å²) in [7, 11) is 3.48. The molecule has 3 N–H and O–H groups in total. The highest BCUT2D eigenvalue weighted by atomic mass is 35.5. The number of nitrogens with zero attached hydrogens (tertiary/aromatic N) is 5. The lowest BCUT2D eigenvalue weighted by atomic mass is 9.98. The van der Waals surface area contributed by atoms with Gasteiger partial charge in [-0.2, -0.15) is 13.2 Å². The maximum atomic E-state index is 14.1. The van der Waals surface area contributed by atoms with Crippen LogP contribution < -0.4 is 16.0 Å². The van der Waals surface area contributed by atoms with E-state index in [0.29, 0.717) is 51.6 Å². The minimum atomic E-state index is -4.67. The van der Waals surface area contributed by atoms with E-state index in [1.165, 1.54) is 24.5 Å². The molecule has 0 saturated carbocycles. The number of anilines is 2. The first-order valence-corrected chi connectivity index (χ1v) is 18.1. The summed E-state index contributed by atoms with van der Waals surface area (Å²) in [5, 5.41) is 11.0. The Labute approximate surface area is 293 Å². The Morgan fingerprint density at radius 1 is 1.00 bits per heavy atom. The molecule has 2 aromatic rings. The van der Waals surface area contributed by atoms with E-state index >= 15 is 0 Å². The number of thiophene rings is 1. The van der Waals surface area contributed by atoms with Crippen molar-refractivity contribution in [2.75, 3.05) is 77.1 Å². The molecule has 0 spiro atoms. The van der Waals surface area contributed by atoms with Crippen molar-refractivity contribution in [2.24, 2.45) is 0 Å². The second-order valence-corrected chi connectivity index (χ2v) is 14.7. The van der Waals surface area contributed by atoms with Crippen LogP contribution in [0.15, 0.2) is 23.6 Å². The third-order valence-corrected chi connectivity index (χ3v) is 11.5. The number of hydrogen-bond donors (Lipinski definition) is 3. The number of piperazine rings is 1. The molecule has 5 amide bonds. The van der Waals surface area contributed by atoms with Crippen LogP contribution in [0.1, 0.15) is 42.4 Å². The molecule has 0 aliphatic carbocycles. The molecule has 0 unspecified atom stereocenters. The standard InChI is InChI=1S/C33H44ClF3N8O3S/c1-38-28-25(33(35,36)37)17-21(18-26(28)34)19-27(30(46)43-8-3-23(4-9-43)42-14-12-41(2)13-15-42)39-31(47)44-10-5-24(6-11-44)45-20-22-7-16-49-29(22)40-32(45)48/h7,16-18,23-24,27,38H,3-6,8-15,19-20H2,1-2H3,(H,39,47)(H,40,48)/t27-/m1/s1. The molecule has 6 rings (SSSR count). The normalized spacial score (nSPS) is 20.9. The molecule has 3 fully saturated rings. The van der Waals surface area contributed by atoms with Crippen molar-refractivity contribution in [3.63, 3.8) is 0 Å². The van der Waals surface area contributed by atoms with Gasteiger partial charge in [0.05, 0.1) is 22.8 Å². The number of likely N-dealkylation sites (tertiary alicyclic amines) is 2. The summed E-state index contributed by atoms with van der Waals surface area (Å²) in [6.07, 6.45) is -2.11. The van der Waals surface area contributed by atoms with Crippen molar-refractivity contribution in [1.82, 2.24) is 29.8 Å². The Morgan fingerprint density at radius 3 is 2.31 bits per heavy atom. The van der Waals surface area contributed by atoms with E-state index in [1.807, 2.05) is 11.4 Å². The molecule has 268 valence electrons. The van der Waals surface area contributed by atoms with Gasteiger partial charge in [-0.15, -0.1) is 11.3 Å². The summed E-state index contributed by atoms with van der Waals surface area (Å²) < 4.78 is 42.0. The van der Waals surface area contributed by atoms with Gasteiger partial charge in [0.1, 0.15) is 11.0 Å². The van der Waals surface area contributed by atoms with E-state index < -0.39 is 23.8 Å². The number of carbonyl (C=O) groups excluding carboxylic acids is 3. The first-order chi connectivity index (χ1) is 23.4. The number of urea groups is 2. The molecule has 3 saturated heterocycles. The smallest absolute Gasteiger partial charge is 0.386 e. The highest BCUT2D eigenvalue weighted by Crippen LogP contribution is 2.40. The number of rotatable bonds is 7. The number of alkyl halides is 3. The summed E-state index contributed by atoms with van der Waals surface area (Å²) in [4.78, 5) is 50.4. The van der Waals surface area contributed by atoms with E-state index in [2.05, 4.69) is 32.8 Å². The number of hydrogen-bond acceptors (Lipinski definition) is 7. The summed E-state index contributed by atoms with van der Waals surface area (Å²) in [6.45, 7) is 6.22. The fourth-order valence-corrected chi connectivity index (χ4v) is 8.60. The first-order valence-electron chi connectivity index (χ1n) is 16.9. The topological polar surface area (TPSA) is 103 Å². The molecule has 1 atom stereocenters. The van der Waals surface area contributed by atoms with Gasteiger partial charge in [0.2, 0.25) is 5.91 Å². The summed E-state index contributed by atoms with van der Waals surface area (Å²) >= 11 is 7.79. The minimum Gasteiger partial charge on any atom is -0.386 e. The largest absolute Gasteiger partial charge is 0.418 e. The number of amides is 5. The number of halogens is 4. The fraction of sp³-hybridized carbons (Fsp3) is 0.606. The third kappa shape index (κ3) is 8.05. The highest BCUT2D eigenvalue weighted by Gasteiger charge is 2.38. The Bertz CT molecular complexity index is 1520. The lowest BCUT2D eigenvalue weighted by Crippen LogP contribution is -2.58. The average Bonchev–Trinajstić information content (AvgIpc) is 3.54. The van der Waals surface area contributed by atoms with Crippen molar-refractivity contribution in [3.8, 4) is 0 Å². The molecular formula is C33H44ClF3N8O3S. The van der Waals surface area contributed by atoms with Crippen LogP contribution in [-0.4, -0.2) is 127 Å². The van der Waals surface area contributed by atoms with E-state index in [0.717, 1.165) is 55.7 Å². The van der Waals surface area contributed by atoms with Crippen molar-refractivity contribution in [1.29, 1.82) is 0 Å². The van der Waals surface area contributed by atoms with Crippen molar-refractivity contribution < 1.29 is 27.6 Å². The van der Waals surface area contributed by atoms with Gasteiger partial charge >= 0.3 is 18.2 Å². The maximum Gasteiger partial charge on any atom is 0.418 e. The molecule has 1 aromatic carbocycles. The molecule has 0 bridgehead atoms. The van der Waals surface area contributed by atoms with Crippen LogP contribution in [0.25, 0.3) is 0 Å². The van der Waals surface area contributed by atoms with E-state index in [9.17, 15) is 27.6 Å². The predicted octanol–water partition coefficient (Wildman–Crippen LogP) is 4.83. The average molecular weight is 725 g/mol. The van der Waals surface area contributed by atoms with Crippen molar-refractivity contribution in [2.45, 2.75) is 63.0 Å². The van der Waals surface area contributed by atoms with Crippen LogP contribution >= 0.6 is 22.9 Å². The number of nitrogens with one attached hydrogen (secondary N) is 3. The molecule has 4 aliphatic rings. The van der Waals surface area contributed by atoms with Crippen LogP contribution in [0.2, 0.25) is 5.02 Å². The number of piperidine rings is 2. The zero-order valence-corrected chi connectivity index (χ0v) is 29.4. The SMILES string of the molecule is CNc1c(Cl)cc(C[C@@H](NC(=O)N2CCC(N3Cc4ccsc4NC3=O)CC2)C(=O)N2CCC(N3CCN(C)CC3)CC2)cc1C(F)(F)F. The van der Waals surface area contributed by atoms with Crippen LogP contribution in [0.4, 0.5) is 33.4 Å². The quantitative estimate of drug-likeness (QED) is 0.378. The van der Waals surface area contributed by atoms with Crippen LogP contribution in [0.5, 0.6) is 0 Å². The molecular weight excluding hydrogens is 681 g/mol. The van der Waals surface area contributed by atoms with E-state index in [1.54, 1.807) is 14.7 Å². The molecule has 0 radical (unpaired) electrons. The fourth-order valence-electron chi connectivity index (χ4n) is 7.46. The Hall–Kier alpha value is -3.27.